The summed E-state index contributed by atoms with van der Waals surface area (Å²) in [7, 11) is 0. The summed E-state index contributed by atoms with van der Waals surface area (Å²) in [5.41, 5.74) is 3.22. The molecular weight excluding hydrogens is 476 g/mol. The number of hydrogen-bond donors (Lipinski definition) is 1. The molecule has 0 bridgehead atoms. The number of rotatable bonds is 5. The number of benzene rings is 2. The summed E-state index contributed by atoms with van der Waals surface area (Å²) in [6.07, 6.45) is 4.26. The number of para-hydroxylation sites is 1. The minimum Gasteiger partial charge on any atom is -0.378 e. The van der Waals surface area contributed by atoms with Gasteiger partial charge in [-0.3, -0.25) is 24.6 Å². The lowest BCUT2D eigenvalue weighted by molar-refractivity contribution is -0.135. The lowest BCUT2D eigenvalue weighted by Crippen LogP contribution is -2.54. The second-order valence-electron chi connectivity index (χ2n) is 8.70. The Bertz CT molecular complexity index is 1390. The number of anilines is 1. The van der Waals surface area contributed by atoms with E-state index in [0.717, 1.165) is 22.9 Å². The third kappa shape index (κ3) is 4.55. The third-order valence-electron chi connectivity index (χ3n) is 6.49. The van der Waals surface area contributed by atoms with E-state index in [9.17, 15) is 14.4 Å². The lowest BCUT2D eigenvalue weighted by Gasteiger charge is -2.29. The molecule has 2 aromatic carbocycles. The van der Waals surface area contributed by atoms with E-state index in [-0.39, 0.29) is 23.1 Å². The molecule has 0 spiro atoms. The Hall–Kier alpha value is -3.82. The maximum Gasteiger partial charge on any atom is 0.270 e. The van der Waals surface area contributed by atoms with Crippen LogP contribution in [0.2, 0.25) is 0 Å². The van der Waals surface area contributed by atoms with E-state index in [1.165, 1.54) is 4.90 Å². The van der Waals surface area contributed by atoms with Gasteiger partial charge in [0.1, 0.15) is 12.1 Å². The van der Waals surface area contributed by atoms with E-state index in [1.54, 1.807) is 11.0 Å². The summed E-state index contributed by atoms with van der Waals surface area (Å²) >= 11 is 5.32. The highest BCUT2D eigenvalue weighted by atomic mass is 32.1. The number of ether oxygens (including phenoxy) is 1. The first-order chi connectivity index (χ1) is 17.5. The second kappa shape index (κ2) is 10.0. The van der Waals surface area contributed by atoms with Crippen LogP contribution in [0, 0.1) is 0 Å². The molecular formula is C27H26N4O4S. The SMILES string of the molecule is CCc1ccc(N2C(=O)/C(=C/c3cn(CC(=O)N4CCOCC4)c4ccccc34)C(=O)NC2=S)cc1. The van der Waals surface area contributed by atoms with Crippen LogP contribution in [0.1, 0.15) is 18.1 Å². The number of aryl methyl sites for hydroxylation is 1. The van der Waals surface area contributed by atoms with Gasteiger partial charge < -0.3 is 14.2 Å². The third-order valence-corrected chi connectivity index (χ3v) is 6.78. The van der Waals surface area contributed by atoms with E-state index < -0.39 is 11.8 Å². The first-order valence-electron chi connectivity index (χ1n) is 11.9. The van der Waals surface area contributed by atoms with Crippen molar-refractivity contribution < 1.29 is 19.1 Å². The largest absolute Gasteiger partial charge is 0.378 e. The molecule has 184 valence electrons. The predicted molar refractivity (Wildman–Crippen MR) is 141 cm³/mol. The van der Waals surface area contributed by atoms with Crippen LogP contribution in [0.25, 0.3) is 17.0 Å². The van der Waals surface area contributed by atoms with Gasteiger partial charge in [0, 0.05) is 35.8 Å². The smallest absolute Gasteiger partial charge is 0.270 e. The zero-order valence-electron chi connectivity index (χ0n) is 19.9. The van der Waals surface area contributed by atoms with Gasteiger partial charge in [-0.1, -0.05) is 37.3 Å². The van der Waals surface area contributed by atoms with Crippen LogP contribution in [0.5, 0.6) is 0 Å². The molecule has 0 radical (unpaired) electrons. The molecule has 3 amide bonds. The maximum absolute atomic E-state index is 13.5. The molecule has 0 saturated carbocycles. The molecule has 36 heavy (non-hydrogen) atoms. The fourth-order valence-corrected chi connectivity index (χ4v) is 4.79. The molecule has 0 atom stereocenters. The molecule has 9 heteroatoms. The molecule has 8 nitrogen and oxygen atoms in total. The van der Waals surface area contributed by atoms with Gasteiger partial charge in [-0.05, 0) is 48.5 Å². The summed E-state index contributed by atoms with van der Waals surface area (Å²) in [4.78, 5) is 42.3. The van der Waals surface area contributed by atoms with Crippen LogP contribution in [-0.4, -0.2) is 58.6 Å². The van der Waals surface area contributed by atoms with E-state index in [2.05, 4.69) is 12.2 Å². The quantitative estimate of drug-likeness (QED) is 0.330. The summed E-state index contributed by atoms with van der Waals surface area (Å²) in [6.45, 7) is 4.41. The van der Waals surface area contributed by atoms with Crippen LogP contribution >= 0.6 is 12.2 Å². The van der Waals surface area contributed by atoms with Crippen molar-refractivity contribution >= 4 is 57.7 Å². The second-order valence-corrected chi connectivity index (χ2v) is 9.09. The van der Waals surface area contributed by atoms with E-state index in [1.807, 2.05) is 59.3 Å². The van der Waals surface area contributed by atoms with Gasteiger partial charge in [-0.25, -0.2) is 0 Å². The predicted octanol–water partition coefficient (Wildman–Crippen LogP) is 2.89. The Labute approximate surface area is 214 Å². The summed E-state index contributed by atoms with van der Waals surface area (Å²) in [5.74, 6) is -1.04. The van der Waals surface area contributed by atoms with Gasteiger partial charge in [-0.2, -0.15) is 0 Å². The fraction of sp³-hybridized carbons (Fsp3) is 0.259. The van der Waals surface area contributed by atoms with Crippen LogP contribution in [0.3, 0.4) is 0 Å². The summed E-state index contributed by atoms with van der Waals surface area (Å²) in [6, 6.07) is 15.1. The molecule has 0 aliphatic carbocycles. The summed E-state index contributed by atoms with van der Waals surface area (Å²) < 4.78 is 7.21. The topological polar surface area (TPSA) is 83.9 Å². The average molecular weight is 503 g/mol. The van der Waals surface area contributed by atoms with Crippen LogP contribution in [-0.2, 0) is 32.1 Å². The molecule has 3 aromatic rings. The van der Waals surface area contributed by atoms with Crippen molar-refractivity contribution in [1.29, 1.82) is 0 Å². The van der Waals surface area contributed by atoms with Crippen molar-refractivity contribution in [2.45, 2.75) is 19.9 Å². The van der Waals surface area contributed by atoms with Gasteiger partial charge in [0.05, 0.1) is 18.9 Å². The Morgan fingerprint density at radius 3 is 2.53 bits per heavy atom. The zero-order chi connectivity index (χ0) is 25.2. The number of carbonyl (C=O) groups excluding carboxylic acids is 3. The first kappa shape index (κ1) is 23.9. The molecule has 2 saturated heterocycles. The maximum atomic E-state index is 13.5. The zero-order valence-corrected chi connectivity index (χ0v) is 20.7. The van der Waals surface area contributed by atoms with Crippen LogP contribution in [0.4, 0.5) is 5.69 Å². The molecule has 0 unspecified atom stereocenters. The lowest BCUT2D eigenvalue weighted by atomic mass is 10.1. The molecule has 1 aromatic heterocycles. The first-order valence-corrected chi connectivity index (χ1v) is 12.3. The van der Waals surface area contributed by atoms with Crippen molar-refractivity contribution in [2.75, 3.05) is 31.2 Å². The number of morpholine rings is 1. The highest BCUT2D eigenvalue weighted by molar-refractivity contribution is 7.80. The van der Waals surface area contributed by atoms with Crippen LogP contribution < -0.4 is 10.2 Å². The fourth-order valence-electron chi connectivity index (χ4n) is 4.51. The molecule has 2 aliphatic heterocycles. The normalized spacial score (nSPS) is 17.7. The number of fused-ring (bicyclic) bond motifs is 1. The van der Waals surface area contributed by atoms with Crippen LogP contribution in [0.15, 0.2) is 60.3 Å². The average Bonchev–Trinajstić information content (AvgIpc) is 3.24. The van der Waals surface area contributed by atoms with Crippen molar-refractivity contribution in [3.63, 3.8) is 0 Å². The Kier molecular flexibility index (Phi) is 6.67. The number of nitrogens with zero attached hydrogens (tertiary/aromatic N) is 3. The minimum absolute atomic E-state index is 0.00297. The van der Waals surface area contributed by atoms with Gasteiger partial charge in [0.15, 0.2) is 5.11 Å². The molecule has 2 aliphatic rings. The van der Waals surface area contributed by atoms with E-state index >= 15 is 0 Å². The van der Waals surface area contributed by atoms with Crippen molar-refractivity contribution in [1.82, 2.24) is 14.8 Å². The molecule has 3 heterocycles. The number of aromatic nitrogens is 1. The van der Waals surface area contributed by atoms with Gasteiger partial charge in [-0.15, -0.1) is 0 Å². The van der Waals surface area contributed by atoms with Crippen molar-refractivity contribution in [3.05, 3.63) is 71.4 Å². The molecule has 1 N–H and O–H groups in total. The number of amides is 3. The Morgan fingerprint density at radius 2 is 1.81 bits per heavy atom. The van der Waals surface area contributed by atoms with E-state index in [0.29, 0.717) is 37.6 Å². The highest BCUT2D eigenvalue weighted by Gasteiger charge is 2.34. The molecule has 2 fully saturated rings. The monoisotopic (exact) mass is 502 g/mol. The number of carbonyl (C=O) groups is 3. The number of hydrogen-bond acceptors (Lipinski definition) is 5. The van der Waals surface area contributed by atoms with Crippen molar-refractivity contribution in [3.8, 4) is 0 Å². The number of thiocarbonyl (C=S) groups is 1. The summed E-state index contributed by atoms with van der Waals surface area (Å²) in [5, 5.41) is 3.52. The van der Waals surface area contributed by atoms with E-state index in [4.69, 9.17) is 17.0 Å². The van der Waals surface area contributed by atoms with Gasteiger partial charge in [0.25, 0.3) is 11.8 Å². The Morgan fingerprint density at radius 1 is 1.08 bits per heavy atom. The number of nitrogens with one attached hydrogen (secondary N) is 1. The van der Waals surface area contributed by atoms with Gasteiger partial charge >= 0.3 is 0 Å². The van der Waals surface area contributed by atoms with Gasteiger partial charge in [0.2, 0.25) is 5.91 Å². The Balaban J connectivity index is 1.49. The molecule has 5 rings (SSSR count). The van der Waals surface area contributed by atoms with Crippen molar-refractivity contribution in [2.24, 2.45) is 0 Å². The highest BCUT2D eigenvalue weighted by Crippen LogP contribution is 2.27. The standard InChI is InChI=1S/C27H26N4O4S/c1-2-18-7-9-20(10-8-18)31-26(34)22(25(33)28-27(31)36)15-19-16-30(23-6-4-3-5-21(19)23)17-24(32)29-11-13-35-14-12-29/h3-10,15-16H,2,11-14,17H2,1H3,(H,28,33,36)/b22-15+. The minimum atomic E-state index is -0.548.